The predicted molar refractivity (Wildman–Crippen MR) is 65.7 cm³/mol. The number of unbranched alkanes of at least 4 members (excludes halogenated alkanes) is 1. The molecule has 1 N–H and O–H groups in total. The average Bonchev–Trinajstić information content (AvgIpc) is 2.57. The maximum Gasteiger partial charge on any atom is 0.317 e. The van der Waals surface area contributed by atoms with E-state index >= 15 is 0 Å². The highest BCUT2D eigenvalue weighted by molar-refractivity contribution is 7.91. The van der Waals surface area contributed by atoms with E-state index in [9.17, 15) is 13.2 Å². The highest BCUT2D eigenvalue weighted by Gasteiger charge is 2.32. The fraction of sp³-hybridized carbons (Fsp3) is 0.727. The Morgan fingerprint density at radius 3 is 2.71 bits per heavy atom. The van der Waals surface area contributed by atoms with Crippen molar-refractivity contribution < 1.29 is 18.3 Å². The van der Waals surface area contributed by atoms with Gasteiger partial charge in [0.2, 0.25) is 0 Å². The van der Waals surface area contributed by atoms with Gasteiger partial charge in [0, 0.05) is 6.04 Å². The third-order valence-corrected chi connectivity index (χ3v) is 4.67. The van der Waals surface area contributed by atoms with Gasteiger partial charge in [-0.3, -0.25) is 9.69 Å². The van der Waals surface area contributed by atoms with Crippen LogP contribution in [0.1, 0.15) is 19.3 Å². The van der Waals surface area contributed by atoms with E-state index in [0.717, 1.165) is 12.8 Å². The summed E-state index contributed by atoms with van der Waals surface area (Å²) in [6.45, 7) is 4.13. The van der Waals surface area contributed by atoms with Gasteiger partial charge in [-0.25, -0.2) is 8.42 Å². The van der Waals surface area contributed by atoms with Crippen LogP contribution in [0.4, 0.5) is 0 Å². The van der Waals surface area contributed by atoms with E-state index in [1.807, 2.05) is 0 Å². The van der Waals surface area contributed by atoms with E-state index < -0.39 is 15.8 Å². The maximum atomic E-state index is 11.4. The van der Waals surface area contributed by atoms with Gasteiger partial charge in [-0.15, -0.1) is 6.58 Å². The fourth-order valence-corrected chi connectivity index (χ4v) is 3.83. The van der Waals surface area contributed by atoms with E-state index in [0.29, 0.717) is 13.0 Å². The van der Waals surface area contributed by atoms with Crippen LogP contribution in [0.2, 0.25) is 0 Å². The zero-order valence-corrected chi connectivity index (χ0v) is 10.7. The summed E-state index contributed by atoms with van der Waals surface area (Å²) in [7, 11) is -2.96. The van der Waals surface area contributed by atoms with Gasteiger partial charge >= 0.3 is 5.97 Å². The minimum Gasteiger partial charge on any atom is -0.480 e. The van der Waals surface area contributed by atoms with Gasteiger partial charge in [-0.2, -0.15) is 0 Å². The average molecular weight is 261 g/mol. The zero-order chi connectivity index (χ0) is 12.9. The molecule has 0 aromatic rings. The van der Waals surface area contributed by atoms with Crippen molar-refractivity contribution in [2.24, 2.45) is 0 Å². The Labute approximate surface area is 102 Å². The van der Waals surface area contributed by atoms with Crippen molar-refractivity contribution in [1.82, 2.24) is 4.90 Å². The Hall–Kier alpha value is -0.880. The molecule has 1 rings (SSSR count). The van der Waals surface area contributed by atoms with Crippen LogP contribution in [0, 0.1) is 0 Å². The fourth-order valence-electron chi connectivity index (χ4n) is 2.07. The normalized spacial score (nSPS) is 22.8. The summed E-state index contributed by atoms with van der Waals surface area (Å²) in [6.07, 6.45) is 3.96. The Balaban J connectivity index is 2.56. The van der Waals surface area contributed by atoms with Gasteiger partial charge < -0.3 is 5.11 Å². The lowest BCUT2D eigenvalue weighted by Gasteiger charge is -2.25. The molecule has 1 saturated heterocycles. The lowest BCUT2D eigenvalue weighted by Crippen LogP contribution is -2.40. The molecule has 1 aliphatic heterocycles. The molecule has 1 aliphatic rings. The van der Waals surface area contributed by atoms with E-state index in [1.54, 1.807) is 11.0 Å². The summed E-state index contributed by atoms with van der Waals surface area (Å²) >= 11 is 0. The van der Waals surface area contributed by atoms with Crippen LogP contribution in [0.25, 0.3) is 0 Å². The second kappa shape index (κ2) is 6.16. The number of carboxylic acids is 1. The summed E-state index contributed by atoms with van der Waals surface area (Å²) in [5.41, 5.74) is 0. The Kier molecular flexibility index (Phi) is 5.14. The Morgan fingerprint density at radius 1 is 1.53 bits per heavy atom. The number of hydrogen-bond acceptors (Lipinski definition) is 4. The molecule has 0 radical (unpaired) electrons. The minimum absolute atomic E-state index is 0.0860. The highest BCUT2D eigenvalue weighted by Crippen LogP contribution is 2.18. The number of hydrogen-bond donors (Lipinski definition) is 1. The molecule has 1 unspecified atom stereocenters. The number of nitrogens with zero attached hydrogens (tertiary/aromatic N) is 1. The van der Waals surface area contributed by atoms with Gasteiger partial charge in [0.05, 0.1) is 18.1 Å². The first-order valence-electron chi connectivity index (χ1n) is 5.72. The highest BCUT2D eigenvalue weighted by atomic mass is 32.2. The zero-order valence-electron chi connectivity index (χ0n) is 9.84. The van der Waals surface area contributed by atoms with Crippen molar-refractivity contribution >= 4 is 15.8 Å². The topological polar surface area (TPSA) is 74.7 Å². The van der Waals surface area contributed by atoms with E-state index in [4.69, 9.17) is 5.11 Å². The molecule has 17 heavy (non-hydrogen) atoms. The van der Waals surface area contributed by atoms with Crippen molar-refractivity contribution in [3.8, 4) is 0 Å². The lowest BCUT2D eigenvalue weighted by molar-refractivity contribution is -0.138. The van der Waals surface area contributed by atoms with Crippen LogP contribution in [0.3, 0.4) is 0 Å². The molecule has 6 heteroatoms. The van der Waals surface area contributed by atoms with Crippen LogP contribution >= 0.6 is 0 Å². The molecular weight excluding hydrogens is 242 g/mol. The lowest BCUT2D eigenvalue weighted by atomic mass is 10.2. The maximum absolute atomic E-state index is 11.4. The van der Waals surface area contributed by atoms with Crippen LogP contribution in [-0.4, -0.2) is 55.0 Å². The summed E-state index contributed by atoms with van der Waals surface area (Å²) in [5.74, 6) is -0.642. The molecule has 0 amide bonds. The third kappa shape index (κ3) is 4.87. The van der Waals surface area contributed by atoms with Crippen molar-refractivity contribution in [3.63, 3.8) is 0 Å². The molecular formula is C11H19NO4S. The number of carbonyl (C=O) groups is 1. The standard InChI is InChI=1S/C11H19NO4S/c1-2-3-4-6-12(8-11(13)14)10-5-7-17(15,16)9-10/h2,10H,1,3-9H2,(H,13,14). The molecule has 1 atom stereocenters. The Bertz CT molecular complexity index is 377. The molecule has 98 valence electrons. The second-order valence-corrected chi connectivity index (χ2v) is 6.58. The summed E-state index contributed by atoms with van der Waals surface area (Å²) < 4.78 is 22.7. The van der Waals surface area contributed by atoms with Crippen LogP contribution in [0.5, 0.6) is 0 Å². The van der Waals surface area contributed by atoms with Gasteiger partial charge in [0.15, 0.2) is 9.84 Å². The first-order chi connectivity index (χ1) is 7.94. The first-order valence-corrected chi connectivity index (χ1v) is 7.54. The number of aliphatic carboxylic acids is 1. The van der Waals surface area contributed by atoms with Gasteiger partial charge in [0.25, 0.3) is 0 Å². The molecule has 0 bridgehead atoms. The van der Waals surface area contributed by atoms with Crippen molar-refractivity contribution in [3.05, 3.63) is 12.7 Å². The van der Waals surface area contributed by atoms with Crippen LogP contribution in [0.15, 0.2) is 12.7 Å². The molecule has 0 saturated carbocycles. The molecule has 1 fully saturated rings. The van der Waals surface area contributed by atoms with Crippen molar-refractivity contribution in [1.29, 1.82) is 0 Å². The summed E-state index contributed by atoms with van der Waals surface area (Å²) in [4.78, 5) is 12.5. The molecule has 0 spiro atoms. The number of rotatable bonds is 7. The van der Waals surface area contributed by atoms with E-state index in [1.165, 1.54) is 0 Å². The molecule has 0 aromatic carbocycles. The molecule has 1 heterocycles. The van der Waals surface area contributed by atoms with E-state index in [2.05, 4.69) is 6.58 Å². The van der Waals surface area contributed by atoms with Crippen molar-refractivity contribution in [2.75, 3.05) is 24.6 Å². The summed E-state index contributed by atoms with van der Waals surface area (Å²) in [6, 6.07) is -0.138. The number of sulfone groups is 1. The largest absolute Gasteiger partial charge is 0.480 e. The second-order valence-electron chi connectivity index (χ2n) is 4.35. The van der Waals surface area contributed by atoms with Gasteiger partial charge in [-0.05, 0) is 25.8 Å². The summed E-state index contributed by atoms with van der Waals surface area (Å²) in [5, 5.41) is 8.82. The van der Waals surface area contributed by atoms with Gasteiger partial charge in [-0.1, -0.05) is 6.08 Å². The van der Waals surface area contributed by atoms with Crippen molar-refractivity contribution in [2.45, 2.75) is 25.3 Å². The van der Waals surface area contributed by atoms with Crippen LogP contribution in [-0.2, 0) is 14.6 Å². The minimum atomic E-state index is -2.96. The number of allylic oxidation sites excluding steroid dienone is 1. The smallest absolute Gasteiger partial charge is 0.317 e. The first kappa shape index (κ1) is 14.2. The monoisotopic (exact) mass is 261 g/mol. The van der Waals surface area contributed by atoms with E-state index in [-0.39, 0.29) is 24.1 Å². The SMILES string of the molecule is C=CCCCN(CC(=O)O)C1CCS(=O)(=O)C1. The molecule has 5 nitrogen and oxygen atoms in total. The molecule has 0 aliphatic carbocycles. The predicted octanol–water partition coefficient (Wildman–Crippen LogP) is 0.526. The quantitative estimate of drug-likeness (QED) is 0.534. The van der Waals surface area contributed by atoms with Gasteiger partial charge in [0.1, 0.15) is 0 Å². The van der Waals surface area contributed by atoms with Crippen LogP contribution < -0.4 is 0 Å². The molecule has 0 aromatic heterocycles. The Morgan fingerprint density at radius 2 is 2.24 bits per heavy atom. The third-order valence-electron chi connectivity index (χ3n) is 2.92. The number of carboxylic acid groups (broad SMARTS) is 1.